The minimum absolute atomic E-state index is 0.0176. The second kappa shape index (κ2) is 11.1. The number of amides is 1. The number of nitrogens with zero attached hydrogens (tertiary/aromatic N) is 1. The zero-order valence-corrected chi connectivity index (χ0v) is 13.5. The van der Waals surface area contributed by atoms with Crippen LogP contribution in [0.25, 0.3) is 0 Å². The van der Waals surface area contributed by atoms with Crippen molar-refractivity contribution >= 4 is 23.2 Å². The molecule has 5 nitrogen and oxygen atoms in total. The number of carbonyl (C=O) groups is 1. The van der Waals surface area contributed by atoms with Crippen molar-refractivity contribution in [2.24, 2.45) is 10.7 Å². The van der Waals surface area contributed by atoms with Crippen molar-refractivity contribution < 1.29 is 4.79 Å². The lowest BCUT2D eigenvalue weighted by atomic mass is 10.2. The lowest BCUT2D eigenvalue weighted by Crippen LogP contribution is -2.32. The summed E-state index contributed by atoms with van der Waals surface area (Å²) in [5.41, 5.74) is 5.76. The molecule has 6 heteroatoms. The summed E-state index contributed by atoms with van der Waals surface area (Å²) < 4.78 is 0. The predicted molar refractivity (Wildman–Crippen MR) is 89.9 cm³/mol. The molecule has 1 amide bonds. The van der Waals surface area contributed by atoms with Gasteiger partial charge in [-0.25, -0.2) is 0 Å². The van der Waals surface area contributed by atoms with E-state index in [0.29, 0.717) is 19.0 Å². The Hall–Kier alpha value is -1.56. The zero-order valence-electron chi connectivity index (χ0n) is 12.7. The third-order valence-corrected chi connectivity index (χ3v) is 3.85. The summed E-state index contributed by atoms with van der Waals surface area (Å²) in [5.74, 6) is 0.479. The number of rotatable bonds is 10. The van der Waals surface area contributed by atoms with Gasteiger partial charge in [0.05, 0.1) is 4.88 Å². The SMILES string of the molecule is CCCCCCNC(N)=NCCCNC(=O)c1cccs1. The van der Waals surface area contributed by atoms with E-state index in [-0.39, 0.29) is 5.91 Å². The van der Waals surface area contributed by atoms with E-state index >= 15 is 0 Å². The van der Waals surface area contributed by atoms with Crippen molar-refractivity contribution in [2.45, 2.75) is 39.0 Å². The minimum Gasteiger partial charge on any atom is -0.370 e. The molecule has 0 saturated carbocycles. The topological polar surface area (TPSA) is 79.5 Å². The minimum atomic E-state index is -0.0176. The molecule has 0 aromatic carbocycles. The van der Waals surface area contributed by atoms with Gasteiger partial charge in [-0.2, -0.15) is 0 Å². The number of thiophene rings is 1. The van der Waals surface area contributed by atoms with Crippen LogP contribution in [0.2, 0.25) is 0 Å². The number of hydrogen-bond acceptors (Lipinski definition) is 3. The first-order valence-electron chi connectivity index (χ1n) is 7.59. The van der Waals surface area contributed by atoms with Gasteiger partial charge in [0.15, 0.2) is 5.96 Å². The average molecular weight is 310 g/mol. The number of hydrogen-bond donors (Lipinski definition) is 3. The molecule has 1 rings (SSSR count). The van der Waals surface area contributed by atoms with Crippen LogP contribution in [0.1, 0.15) is 48.7 Å². The van der Waals surface area contributed by atoms with Gasteiger partial charge in [0, 0.05) is 19.6 Å². The molecule has 0 atom stereocenters. The zero-order chi connectivity index (χ0) is 15.3. The number of guanidine groups is 1. The maximum atomic E-state index is 11.7. The van der Waals surface area contributed by atoms with E-state index in [1.54, 1.807) is 0 Å². The normalized spacial score (nSPS) is 11.4. The van der Waals surface area contributed by atoms with E-state index in [4.69, 9.17) is 5.73 Å². The molecule has 0 fully saturated rings. The molecular weight excluding hydrogens is 284 g/mol. The Morgan fingerprint density at radius 3 is 2.76 bits per heavy atom. The van der Waals surface area contributed by atoms with Gasteiger partial charge in [-0.1, -0.05) is 32.3 Å². The molecule has 0 bridgehead atoms. The second-order valence-corrected chi connectivity index (χ2v) is 5.79. The highest BCUT2D eigenvalue weighted by Gasteiger charge is 2.04. The van der Waals surface area contributed by atoms with Crippen molar-refractivity contribution in [1.29, 1.82) is 0 Å². The average Bonchev–Trinajstić information content (AvgIpc) is 3.01. The van der Waals surface area contributed by atoms with Gasteiger partial charge in [-0.05, 0) is 24.3 Å². The molecule has 0 saturated heterocycles. The molecule has 118 valence electrons. The first-order valence-corrected chi connectivity index (χ1v) is 8.47. The van der Waals surface area contributed by atoms with Crippen LogP contribution in [0, 0.1) is 0 Å². The number of nitrogens with two attached hydrogens (primary N) is 1. The smallest absolute Gasteiger partial charge is 0.261 e. The number of nitrogens with one attached hydrogen (secondary N) is 2. The maximum absolute atomic E-state index is 11.7. The molecule has 1 aromatic rings. The van der Waals surface area contributed by atoms with E-state index in [9.17, 15) is 4.79 Å². The van der Waals surface area contributed by atoms with Crippen LogP contribution in [0.5, 0.6) is 0 Å². The highest BCUT2D eigenvalue weighted by molar-refractivity contribution is 7.12. The monoisotopic (exact) mass is 310 g/mol. The van der Waals surface area contributed by atoms with Gasteiger partial charge >= 0.3 is 0 Å². The van der Waals surface area contributed by atoms with E-state index in [1.807, 2.05) is 17.5 Å². The fourth-order valence-corrected chi connectivity index (χ4v) is 2.44. The first kappa shape index (κ1) is 17.5. The Bertz CT molecular complexity index is 417. The van der Waals surface area contributed by atoms with Gasteiger partial charge in [0.2, 0.25) is 0 Å². The molecule has 0 aliphatic carbocycles. The molecule has 0 aliphatic rings. The van der Waals surface area contributed by atoms with Gasteiger partial charge < -0.3 is 16.4 Å². The van der Waals surface area contributed by atoms with E-state index in [0.717, 1.165) is 24.3 Å². The van der Waals surface area contributed by atoms with Crippen LogP contribution in [0.15, 0.2) is 22.5 Å². The highest BCUT2D eigenvalue weighted by atomic mass is 32.1. The van der Waals surface area contributed by atoms with Crippen molar-refractivity contribution in [1.82, 2.24) is 10.6 Å². The van der Waals surface area contributed by atoms with Gasteiger partial charge in [0.1, 0.15) is 0 Å². The fourth-order valence-electron chi connectivity index (χ4n) is 1.80. The molecular formula is C15H26N4OS. The van der Waals surface area contributed by atoms with Gasteiger partial charge in [0.25, 0.3) is 5.91 Å². The van der Waals surface area contributed by atoms with E-state index < -0.39 is 0 Å². The molecule has 1 heterocycles. The molecule has 4 N–H and O–H groups in total. The number of carbonyl (C=O) groups excluding carboxylic acids is 1. The van der Waals surface area contributed by atoms with Gasteiger partial charge in [-0.3, -0.25) is 9.79 Å². The largest absolute Gasteiger partial charge is 0.370 e. The molecule has 21 heavy (non-hydrogen) atoms. The standard InChI is InChI=1S/C15H26N4OS/c1-2-3-4-5-9-18-15(16)19-11-7-10-17-14(20)13-8-6-12-21-13/h6,8,12H,2-5,7,9-11H2,1H3,(H,17,20)(H3,16,18,19). The lowest BCUT2D eigenvalue weighted by molar-refractivity contribution is 0.0957. The Morgan fingerprint density at radius 1 is 1.24 bits per heavy atom. The summed E-state index contributed by atoms with van der Waals surface area (Å²) >= 11 is 1.44. The van der Waals surface area contributed by atoms with Crippen molar-refractivity contribution in [3.05, 3.63) is 22.4 Å². The van der Waals surface area contributed by atoms with Crippen molar-refractivity contribution in [3.63, 3.8) is 0 Å². The Balaban J connectivity index is 2.01. The third kappa shape index (κ3) is 8.34. The van der Waals surface area contributed by atoms with E-state index in [1.165, 1.54) is 30.6 Å². The van der Waals surface area contributed by atoms with Crippen LogP contribution in [-0.4, -0.2) is 31.5 Å². The molecule has 0 spiro atoms. The van der Waals surface area contributed by atoms with Crippen LogP contribution < -0.4 is 16.4 Å². The summed E-state index contributed by atoms with van der Waals surface area (Å²) in [6.07, 6.45) is 5.64. The molecule has 0 radical (unpaired) electrons. The third-order valence-electron chi connectivity index (χ3n) is 2.98. The van der Waals surface area contributed by atoms with Gasteiger partial charge in [-0.15, -0.1) is 11.3 Å². The molecule has 0 unspecified atom stereocenters. The molecule has 1 aromatic heterocycles. The van der Waals surface area contributed by atoms with Crippen molar-refractivity contribution in [3.8, 4) is 0 Å². The predicted octanol–water partition coefficient (Wildman–Crippen LogP) is 2.35. The first-order chi connectivity index (χ1) is 10.2. The van der Waals surface area contributed by atoms with E-state index in [2.05, 4.69) is 22.5 Å². The fraction of sp³-hybridized carbons (Fsp3) is 0.600. The summed E-state index contributed by atoms with van der Waals surface area (Å²) in [6, 6.07) is 3.69. The quantitative estimate of drug-likeness (QED) is 0.352. The summed E-state index contributed by atoms with van der Waals surface area (Å²) in [7, 11) is 0. The summed E-state index contributed by atoms with van der Waals surface area (Å²) in [5, 5.41) is 7.87. The second-order valence-electron chi connectivity index (χ2n) is 4.84. The Kier molecular flexibility index (Phi) is 9.28. The molecule has 0 aliphatic heterocycles. The maximum Gasteiger partial charge on any atom is 0.261 e. The van der Waals surface area contributed by atoms with Crippen molar-refractivity contribution in [2.75, 3.05) is 19.6 Å². The lowest BCUT2D eigenvalue weighted by Gasteiger charge is -2.05. The summed E-state index contributed by atoms with van der Waals surface area (Å²) in [6.45, 7) is 4.31. The van der Waals surface area contributed by atoms with Crippen LogP contribution in [0.4, 0.5) is 0 Å². The van der Waals surface area contributed by atoms with Crippen LogP contribution >= 0.6 is 11.3 Å². The van der Waals surface area contributed by atoms with Crippen LogP contribution in [0.3, 0.4) is 0 Å². The number of unbranched alkanes of at least 4 members (excludes halogenated alkanes) is 3. The van der Waals surface area contributed by atoms with Crippen LogP contribution in [-0.2, 0) is 0 Å². The summed E-state index contributed by atoms with van der Waals surface area (Å²) in [4.78, 5) is 16.6. The highest BCUT2D eigenvalue weighted by Crippen LogP contribution is 2.07. The number of aliphatic imine (C=N–C) groups is 1. The Labute approximate surface area is 131 Å². The Morgan fingerprint density at radius 2 is 2.05 bits per heavy atom.